The lowest BCUT2D eigenvalue weighted by Crippen LogP contribution is -2.35. The molecule has 0 saturated heterocycles. The van der Waals surface area contributed by atoms with E-state index in [2.05, 4.69) is 0 Å². The van der Waals surface area contributed by atoms with E-state index < -0.39 is 17.6 Å². The zero-order valence-electron chi connectivity index (χ0n) is 7.35. The Kier molecular flexibility index (Phi) is 2.70. The molecule has 1 saturated carbocycles. The molecule has 0 spiro atoms. The summed E-state index contributed by atoms with van der Waals surface area (Å²) in [6.07, 6.45) is 1.68. The molecule has 1 fully saturated rings. The van der Waals surface area contributed by atoms with Crippen molar-refractivity contribution in [2.45, 2.75) is 45.2 Å². The number of rotatable bonds is 2. The molecule has 0 bridgehead atoms. The van der Waals surface area contributed by atoms with E-state index in [4.69, 9.17) is 5.11 Å². The molecule has 0 heterocycles. The Bertz CT molecular complexity index is 171. The first-order valence-corrected chi connectivity index (χ1v) is 4.48. The molecule has 1 rings (SSSR count). The first kappa shape index (κ1) is 9.49. The number of hydrogen-bond donors (Lipinski definition) is 1. The van der Waals surface area contributed by atoms with Crippen molar-refractivity contribution >= 4 is 5.97 Å². The predicted octanol–water partition coefficient (Wildman–Crippen LogP) is 2.38. The van der Waals surface area contributed by atoms with Crippen molar-refractivity contribution in [3.63, 3.8) is 0 Å². The van der Waals surface area contributed by atoms with Gasteiger partial charge in [-0.2, -0.15) is 0 Å². The number of alkyl halides is 1. The zero-order chi connectivity index (χ0) is 9.19. The van der Waals surface area contributed by atoms with E-state index in [9.17, 15) is 9.18 Å². The van der Waals surface area contributed by atoms with Crippen LogP contribution in [0.2, 0.25) is 0 Å². The lowest BCUT2D eigenvalue weighted by Gasteiger charge is -2.33. The molecule has 0 aliphatic heterocycles. The van der Waals surface area contributed by atoms with Gasteiger partial charge in [0, 0.05) is 0 Å². The van der Waals surface area contributed by atoms with Gasteiger partial charge in [-0.1, -0.05) is 6.92 Å². The van der Waals surface area contributed by atoms with Gasteiger partial charge in [0.15, 0.2) is 0 Å². The highest BCUT2D eigenvalue weighted by Gasteiger charge is 2.40. The van der Waals surface area contributed by atoms with Crippen LogP contribution in [0.3, 0.4) is 0 Å². The normalized spacial score (nSPS) is 36.3. The van der Waals surface area contributed by atoms with Crippen molar-refractivity contribution in [2.24, 2.45) is 5.41 Å². The van der Waals surface area contributed by atoms with Crippen molar-refractivity contribution in [1.82, 2.24) is 0 Å². The average molecular weight is 174 g/mol. The fraction of sp³-hybridized carbons (Fsp3) is 0.889. The van der Waals surface area contributed by atoms with E-state index in [1.54, 1.807) is 0 Å². The van der Waals surface area contributed by atoms with E-state index in [-0.39, 0.29) is 0 Å². The quantitative estimate of drug-likeness (QED) is 0.697. The molecule has 12 heavy (non-hydrogen) atoms. The Morgan fingerprint density at radius 1 is 1.58 bits per heavy atom. The number of hydrogen-bond acceptors (Lipinski definition) is 1. The van der Waals surface area contributed by atoms with Crippen LogP contribution in [0.4, 0.5) is 4.39 Å². The predicted molar refractivity (Wildman–Crippen MR) is 43.7 cm³/mol. The summed E-state index contributed by atoms with van der Waals surface area (Å²) < 4.78 is 12.7. The van der Waals surface area contributed by atoms with Gasteiger partial charge < -0.3 is 5.11 Å². The Labute approximate surface area is 71.8 Å². The second-order valence-corrected chi connectivity index (χ2v) is 3.61. The Morgan fingerprint density at radius 2 is 2.08 bits per heavy atom. The van der Waals surface area contributed by atoms with Gasteiger partial charge in [-0.25, -0.2) is 4.39 Å². The minimum absolute atomic E-state index is 0.417. The molecule has 2 nitrogen and oxygen atoms in total. The summed E-state index contributed by atoms with van der Waals surface area (Å²) in [5.74, 6) is -0.753. The molecule has 3 heteroatoms. The van der Waals surface area contributed by atoms with Gasteiger partial charge in [0.2, 0.25) is 0 Å². The van der Waals surface area contributed by atoms with Crippen LogP contribution in [0.1, 0.15) is 39.0 Å². The SMILES string of the molecule is CCC1(C(=O)O)CCC(F)CC1. The molecule has 1 aliphatic rings. The second kappa shape index (κ2) is 3.42. The largest absolute Gasteiger partial charge is 0.481 e. The van der Waals surface area contributed by atoms with E-state index in [0.29, 0.717) is 32.1 Å². The molecule has 0 amide bonds. The lowest BCUT2D eigenvalue weighted by molar-refractivity contribution is -0.152. The molecule has 0 radical (unpaired) electrons. The molecule has 0 aromatic carbocycles. The fourth-order valence-electron chi connectivity index (χ4n) is 1.85. The molecule has 70 valence electrons. The molecular weight excluding hydrogens is 159 g/mol. The van der Waals surface area contributed by atoms with Gasteiger partial charge in [0.1, 0.15) is 6.17 Å². The number of carboxylic acid groups (broad SMARTS) is 1. The highest BCUT2D eigenvalue weighted by Crippen LogP contribution is 2.40. The summed E-state index contributed by atoms with van der Waals surface area (Å²) in [6.45, 7) is 1.87. The van der Waals surface area contributed by atoms with Crippen molar-refractivity contribution in [3.8, 4) is 0 Å². The van der Waals surface area contributed by atoms with Crippen molar-refractivity contribution in [2.75, 3.05) is 0 Å². The summed E-state index contributed by atoms with van der Waals surface area (Å²) in [7, 11) is 0. The van der Waals surface area contributed by atoms with Gasteiger partial charge >= 0.3 is 5.97 Å². The van der Waals surface area contributed by atoms with E-state index in [1.165, 1.54) is 0 Å². The van der Waals surface area contributed by atoms with Crippen LogP contribution in [0.15, 0.2) is 0 Å². The maximum absolute atomic E-state index is 12.7. The molecule has 1 N–H and O–H groups in total. The molecular formula is C9H15FO2. The smallest absolute Gasteiger partial charge is 0.309 e. The highest BCUT2D eigenvalue weighted by molar-refractivity contribution is 5.74. The maximum Gasteiger partial charge on any atom is 0.309 e. The minimum atomic E-state index is -0.774. The molecule has 1 aliphatic carbocycles. The molecule has 0 aromatic heterocycles. The van der Waals surface area contributed by atoms with Crippen LogP contribution in [-0.4, -0.2) is 17.2 Å². The summed E-state index contributed by atoms with van der Waals surface area (Å²) in [5.41, 5.74) is -0.622. The van der Waals surface area contributed by atoms with Crippen molar-refractivity contribution in [3.05, 3.63) is 0 Å². The fourth-order valence-corrected chi connectivity index (χ4v) is 1.85. The standard InChI is InChI=1S/C9H15FO2/c1-2-9(8(11)12)5-3-7(10)4-6-9/h7H,2-6H2,1H3,(H,11,12). The number of aliphatic carboxylic acids is 1. The third kappa shape index (κ3) is 1.59. The van der Waals surface area contributed by atoms with Gasteiger partial charge in [0.25, 0.3) is 0 Å². The first-order chi connectivity index (χ1) is 5.60. The number of halogens is 1. The van der Waals surface area contributed by atoms with Gasteiger partial charge in [-0.3, -0.25) is 4.79 Å². The lowest BCUT2D eigenvalue weighted by atomic mass is 9.72. The summed E-state index contributed by atoms with van der Waals surface area (Å²) in [4.78, 5) is 10.9. The highest BCUT2D eigenvalue weighted by atomic mass is 19.1. The van der Waals surface area contributed by atoms with Gasteiger partial charge in [-0.05, 0) is 32.1 Å². The molecule has 0 atom stereocenters. The summed E-state index contributed by atoms with van der Waals surface area (Å²) >= 11 is 0. The summed E-state index contributed by atoms with van der Waals surface area (Å²) in [5, 5.41) is 8.95. The zero-order valence-corrected chi connectivity index (χ0v) is 7.35. The van der Waals surface area contributed by atoms with Crippen LogP contribution < -0.4 is 0 Å². The maximum atomic E-state index is 12.7. The van der Waals surface area contributed by atoms with Crippen LogP contribution in [0.25, 0.3) is 0 Å². The van der Waals surface area contributed by atoms with Crippen LogP contribution in [0.5, 0.6) is 0 Å². The van der Waals surface area contributed by atoms with Crippen molar-refractivity contribution in [1.29, 1.82) is 0 Å². The molecule has 0 unspecified atom stereocenters. The minimum Gasteiger partial charge on any atom is -0.481 e. The van der Waals surface area contributed by atoms with E-state index >= 15 is 0 Å². The number of carbonyl (C=O) groups is 1. The van der Waals surface area contributed by atoms with Crippen LogP contribution >= 0.6 is 0 Å². The first-order valence-electron chi connectivity index (χ1n) is 4.48. The third-order valence-corrected chi connectivity index (χ3v) is 3.00. The average Bonchev–Trinajstić information content (AvgIpc) is 2.06. The Hall–Kier alpha value is -0.600. The second-order valence-electron chi connectivity index (χ2n) is 3.61. The van der Waals surface area contributed by atoms with Crippen LogP contribution in [0, 0.1) is 5.41 Å². The Morgan fingerprint density at radius 3 is 2.42 bits per heavy atom. The van der Waals surface area contributed by atoms with E-state index in [1.807, 2.05) is 6.92 Å². The monoisotopic (exact) mass is 174 g/mol. The Balaban J connectivity index is 2.63. The topological polar surface area (TPSA) is 37.3 Å². The van der Waals surface area contributed by atoms with Gasteiger partial charge in [0.05, 0.1) is 5.41 Å². The third-order valence-electron chi connectivity index (χ3n) is 3.00. The molecule has 0 aromatic rings. The summed E-state index contributed by atoms with van der Waals surface area (Å²) in [6, 6.07) is 0. The number of carboxylic acids is 1. The van der Waals surface area contributed by atoms with E-state index in [0.717, 1.165) is 0 Å². The van der Waals surface area contributed by atoms with Crippen LogP contribution in [-0.2, 0) is 4.79 Å². The van der Waals surface area contributed by atoms with Gasteiger partial charge in [-0.15, -0.1) is 0 Å². The van der Waals surface area contributed by atoms with Crippen molar-refractivity contribution < 1.29 is 14.3 Å².